The molecule has 1 unspecified atom stereocenters. The first kappa shape index (κ1) is 17.7. The molecule has 136 valence electrons. The van der Waals surface area contributed by atoms with Crippen molar-refractivity contribution in [1.82, 2.24) is 15.1 Å². The van der Waals surface area contributed by atoms with Crippen LogP contribution in [0.15, 0.2) is 24.3 Å². The minimum absolute atomic E-state index is 0.0258. The lowest BCUT2D eigenvalue weighted by Gasteiger charge is -2.27. The quantitative estimate of drug-likeness (QED) is 0.890. The molecule has 2 aliphatic rings. The van der Waals surface area contributed by atoms with Crippen LogP contribution in [-0.2, 0) is 16.0 Å². The lowest BCUT2D eigenvalue weighted by molar-refractivity contribution is -0.134. The summed E-state index contributed by atoms with van der Waals surface area (Å²) in [6.45, 7) is 3.64. The average molecular weight is 349 g/mol. The molecule has 7 heteroatoms. The van der Waals surface area contributed by atoms with E-state index in [1.165, 1.54) is 12.1 Å². The number of morpholine rings is 1. The Labute approximate surface area is 146 Å². The van der Waals surface area contributed by atoms with Crippen LogP contribution in [0.3, 0.4) is 0 Å². The van der Waals surface area contributed by atoms with Crippen LogP contribution in [0.25, 0.3) is 0 Å². The zero-order chi connectivity index (χ0) is 17.6. The average Bonchev–Trinajstić information content (AvgIpc) is 3.10. The standard InChI is InChI=1S/C18H24FN3O3/c19-16-3-1-14(2-4-16)11-15-5-6-22(13-15)18(24)20-12-17(23)21-7-9-25-10-8-21/h1-4,15H,5-13H2,(H,20,24). The SMILES string of the molecule is O=C(CNC(=O)N1CCC(Cc2ccc(F)cc2)C1)N1CCOCC1. The molecular formula is C18H24FN3O3. The molecule has 6 nitrogen and oxygen atoms in total. The van der Waals surface area contributed by atoms with E-state index in [4.69, 9.17) is 4.74 Å². The first-order valence-electron chi connectivity index (χ1n) is 8.74. The van der Waals surface area contributed by atoms with E-state index in [9.17, 15) is 14.0 Å². The number of nitrogens with zero attached hydrogens (tertiary/aromatic N) is 2. The van der Waals surface area contributed by atoms with Crippen molar-refractivity contribution >= 4 is 11.9 Å². The Bertz CT molecular complexity index is 602. The van der Waals surface area contributed by atoms with E-state index in [-0.39, 0.29) is 24.3 Å². The smallest absolute Gasteiger partial charge is 0.317 e. The maximum Gasteiger partial charge on any atom is 0.317 e. The zero-order valence-electron chi connectivity index (χ0n) is 14.2. The molecule has 3 amide bonds. The third-order valence-corrected chi connectivity index (χ3v) is 4.77. The Morgan fingerprint density at radius 3 is 2.56 bits per heavy atom. The topological polar surface area (TPSA) is 61.9 Å². The van der Waals surface area contributed by atoms with Gasteiger partial charge >= 0.3 is 6.03 Å². The second kappa shape index (κ2) is 8.29. The van der Waals surface area contributed by atoms with Gasteiger partial charge in [-0.05, 0) is 36.5 Å². The van der Waals surface area contributed by atoms with Gasteiger partial charge in [0.1, 0.15) is 5.82 Å². The van der Waals surface area contributed by atoms with Crippen molar-refractivity contribution in [2.75, 3.05) is 45.9 Å². The second-order valence-corrected chi connectivity index (χ2v) is 6.58. The summed E-state index contributed by atoms with van der Waals surface area (Å²) in [6, 6.07) is 6.32. The molecule has 2 fully saturated rings. The number of halogens is 1. The van der Waals surface area contributed by atoms with E-state index >= 15 is 0 Å². The number of benzene rings is 1. The van der Waals surface area contributed by atoms with Crippen molar-refractivity contribution in [3.05, 3.63) is 35.6 Å². The number of carbonyl (C=O) groups is 2. The molecule has 1 aromatic rings. The molecule has 25 heavy (non-hydrogen) atoms. The monoisotopic (exact) mass is 349 g/mol. The molecule has 1 atom stereocenters. The largest absolute Gasteiger partial charge is 0.378 e. The van der Waals surface area contributed by atoms with Crippen LogP contribution in [0.1, 0.15) is 12.0 Å². The lowest BCUT2D eigenvalue weighted by atomic mass is 9.99. The summed E-state index contributed by atoms with van der Waals surface area (Å²) in [4.78, 5) is 27.8. The summed E-state index contributed by atoms with van der Waals surface area (Å²) in [5.74, 6) is 0.0611. The van der Waals surface area contributed by atoms with Crippen LogP contribution in [0.2, 0.25) is 0 Å². The van der Waals surface area contributed by atoms with Crippen molar-refractivity contribution < 1.29 is 18.7 Å². The summed E-state index contributed by atoms with van der Waals surface area (Å²) in [7, 11) is 0. The van der Waals surface area contributed by atoms with E-state index < -0.39 is 0 Å². The maximum atomic E-state index is 13.0. The molecule has 0 aromatic heterocycles. The molecule has 3 rings (SSSR count). The molecule has 1 aromatic carbocycles. The van der Waals surface area contributed by atoms with Crippen molar-refractivity contribution in [2.24, 2.45) is 5.92 Å². The Morgan fingerprint density at radius 2 is 1.84 bits per heavy atom. The number of ether oxygens (including phenoxy) is 1. The van der Waals surface area contributed by atoms with E-state index in [1.807, 2.05) is 0 Å². The molecule has 1 N–H and O–H groups in total. The maximum absolute atomic E-state index is 13.0. The minimum Gasteiger partial charge on any atom is -0.378 e. The van der Waals surface area contributed by atoms with Crippen molar-refractivity contribution in [2.45, 2.75) is 12.8 Å². The number of rotatable bonds is 4. The Morgan fingerprint density at radius 1 is 1.12 bits per heavy atom. The summed E-state index contributed by atoms with van der Waals surface area (Å²) in [5, 5.41) is 2.72. The molecule has 0 bridgehead atoms. The fourth-order valence-electron chi connectivity index (χ4n) is 3.33. The summed E-state index contributed by atoms with van der Waals surface area (Å²) < 4.78 is 18.2. The van der Waals surface area contributed by atoms with Gasteiger partial charge in [0.15, 0.2) is 0 Å². The number of urea groups is 1. The predicted octanol–water partition coefficient (Wildman–Crippen LogP) is 1.26. The third-order valence-electron chi connectivity index (χ3n) is 4.77. The molecule has 0 spiro atoms. The molecule has 0 saturated carbocycles. The Kier molecular flexibility index (Phi) is 5.86. The predicted molar refractivity (Wildman–Crippen MR) is 90.6 cm³/mol. The summed E-state index contributed by atoms with van der Waals surface area (Å²) >= 11 is 0. The number of amides is 3. The van der Waals surface area contributed by atoms with Gasteiger partial charge in [-0.15, -0.1) is 0 Å². The number of carbonyl (C=O) groups excluding carboxylic acids is 2. The minimum atomic E-state index is -0.235. The highest BCUT2D eigenvalue weighted by Gasteiger charge is 2.27. The van der Waals surface area contributed by atoms with Gasteiger partial charge in [-0.1, -0.05) is 12.1 Å². The van der Waals surface area contributed by atoms with E-state index in [2.05, 4.69) is 5.32 Å². The fraction of sp³-hybridized carbons (Fsp3) is 0.556. The number of likely N-dealkylation sites (tertiary alicyclic amines) is 1. The van der Waals surface area contributed by atoms with E-state index in [1.54, 1.807) is 21.9 Å². The number of hydrogen-bond acceptors (Lipinski definition) is 3. The van der Waals surface area contributed by atoms with Crippen molar-refractivity contribution in [3.63, 3.8) is 0 Å². The normalized spacial score (nSPS) is 20.6. The Balaban J connectivity index is 1.41. The molecule has 2 heterocycles. The van der Waals surface area contributed by atoms with Gasteiger partial charge in [-0.2, -0.15) is 0 Å². The van der Waals surface area contributed by atoms with Crippen LogP contribution in [0.4, 0.5) is 9.18 Å². The van der Waals surface area contributed by atoms with Gasteiger partial charge in [-0.25, -0.2) is 9.18 Å². The fourth-order valence-corrected chi connectivity index (χ4v) is 3.33. The van der Waals surface area contributed by atoms with Gasteiger partial charge in [-0.3, -0.25) is 4.79 Å². The lowest BCUT2D eigenvalue weighted by Crippen LogP contribution is -2.48. The van der Waals surface area contributed by atoms with E-state index in [0.717, 1.165) is 18.4 Å². The van der Waals surface area contributed by atoms with Crippen LogP contribution < -0.4 is 5.32 Å². The molecule has 0 radical (unpaired) electrons. The van der Waals surface area contributed by atoms with Crippen LogP contribution in [0.5, 0.6) is 0 Å². The first-order valence-corrected chi connectivity index (χ1v) is 8.74. The van der Waals surface area contributed by atoms with Gasteiger partial charge in [0.25, 0.3) is 0 Å². The van der Waals surface area contributed by atoms with Gasteiger partial charge in [0, 0.05) is 26.2 Å². The van der Waals surface area contributed by atoms with Gasteiger partial charge in [0.05, 0.1) is 19.8 Å². The number of nitrogens with one attached hydrogen (secondary N) is 1. The van der Waals surface area contributed by atoms with Crippen molar-refractivity contribution in [1.29, 1.82) is 0 Å². The molecular weight excluding hydrogens is 325 g/mol. The van der Waals surface area contributed by atoms with Crippen LogP contribution in [-0.4, -0.2) is 67.7 Å². The molecule has 2 saturated heterocycles. The third kappa shape index (κ3) is 4.92. The van der Waals surface area contributed by atoms with Crippen LogP contribution in [0, 0.1) is 11.7 Å². The molecule has 0 aliphatic carbocycles. The van der Waals surface area contributed by atoms with Gasteiger partial charge < -0.3 is 19.9 Å². The summed E-state index contributed by atoms with van der Waals surface area (Å²) in [6.07, 6.45) is 1.75. The molecule has 2 aliphatic heterocycles. The first-order chi connectivity index (χ1) is 12.1. The highest BCUT2D eigenvalue weighted by Crippen LogP contribution is 2.21. The second-order valence-electron chi connectivity index (χ2n) is 6.58. The zero-order valence-corrected chi connectivity index (χ0v) is 14.2. The van der Waals surface area contributed by atoms with E-state index in [0.29, 0.717) is 45.3 Å². The highest BCUT2D eigenvalue weighted by molar-refractivity contribution is 5.84. The van der Waals surface area contributed by atoms with Crippen molar-refractivity contribution in [3.8, 4) is 0 Å². The Hall–Kier alpha value is -2.15. The summed E-state index contributed by atoms with van der Waals surface area (Å²) in [5.41, 5.74) is 1.08. The highest BCUT2D eigenvalue weighted by atomic mass is 19.1. The van der Waals surface area contributed by atoms with Crippen LogP contribution >= 0.6 is 0 Å². The number of hydrogen-bond donors (Lipinski definition) is 1. The van der Waals surface area contributed by atoms with Gasteiger partial charge in [0.2, 0.25) is 5.91 Å².